The van der Waals surface area contributed by atoms with Crippen molar-refractivity contribution in [2.45, 2.75) is 19.6 Å². The molecule has 49 heavy (non-hydrogen) atoms. The monoisotopic (exact) mass is 783 g/mol. The number of hydrogen-bond donors (Lipinski definition) is 0. The number of carbonyl (C=O) groups is 1. The molecule has 0 N–H and O–H groups in total. The zero-order valence-corrected chi connectivity index (χ0v) is 29.8. The predicted octanol–water partition coefficient (Wildman–Crippen LogP) is 6.01. The summed E-state index contributed by atoms with van der Waals surface area (Å²) in [5.74, 6) is 1.17. The van der Waals surface area contributed by atoms with Gasteiger partial charge in [-0.2, -0.15) is 5.26 Å². The Bertz CT molecular complexity index is 2270. The van der Waals surface area contributed by atoms with E-state index in [1.807, 2.05) is 66.7 Å². The van der Waals surface area contributed by atoms with Gasteiger partial charge in [-0.3, -0.25) is 9.36 Å². The molecule has 1 atom stereocenters. The van der Waals surface area contributed by atoms with E-state index >= 15 is 0 Å². The van der Waals surface area contributed by atoms with E-state index in [-0.39, 0.29) is 24.3 Å². The van der Waals surface area contributed by atoms with Crippen LogP contribution in [0, 0.1) is 14.9 Å². The Balaban J connectivity index is 1.47. The van der Waals surface area contributed by atoms with Gasteiger partial charge in [0.25, 0.3) is 5.56 Å². The molecule has 0 saturated heterocycles. The molecular formula is C38H30IN3O6S. The fourth-order valence-electron chi connectivity index (χ4n) is 5.49. The Morgan fingerprint density at radius 1 is 1.02 bits per heavy atom. The van der Waals surface area contributed by atoms with Crippen LogP contribution in [0.2, 0.25) is 0 Å². The van der Waals surface area contributed by atoms with E-state index in [0.717, 1.165) is 20.3 Å². The van der Waals surface area contributed by atoms with Crippen LogP contribution in [0.4, 0.5) is 0 Å². The van der Waals surface area contributed by atoms with Gasteiger partial charge in [0.05, 0.1) is 57.9 Å². The molecule has 0 amide bonds. The molecule has 0 spiro atoms. The van der Waals surface area contributed by atoms with Gasteiger partial charge in [-0.25, -0.2) is 9.79 Å². The first kappa shape index (κ1) is 33.7. The van der Waals surface area contributed by atoms with Crippen molar-refractivity contribution in [3.05, 3.63) is 148 Å². The second kappa shape index (κ2) is 14.9. The number of nitrogens with zero attached hydrogens (tertiary/aromatic N) is 3. The number of ether oxygens (including phenoxy) is 4. The van der Waals surface area contributed by atoms with Gasteiger partial charge >= 0.3 is 5.97 Å². The highest BCUT2D eigenvalue weighted by Crippen LogP contribution is 2.37. The Hall–Kier alpha value is -5.19. The van der Waals surface area contributed by atoms with Gasteiger partial charge < -0.3 is 18.9 Å². The van der Waals surface area contributed by atoms with Crippen LogP contribution in [0.5, 0.6) is 17.2 Å². The Morgan fingerprint density at radius 3 is 2.41 bits per heavy atom. The van der Waals surface area contributed by atoms with Crippen LogP contribution in [0.25, 0.3) is 11.8 Å². The average Bonchev–Trinajstić information content (AvgIpc) is 3.44. The van der Waals surface area contributed by atoms with Crippen molar-refractivity contribution in [2.75, 3.05) is 20.8 Å². The SMILES string of the molecule is CCOC(=O)C1=C(c2ccccc2)N=c2s/c(=C\c3cc(I)c(OCc4ccc(C#N)cc4)c(OC)c3)c(=O)n2[C@H]1c1ccc(OC)cc1. The van der Waals surface area contributed by atoms with Crippen molar-refractivity contribution in [3.63, 3.8) is 0 Å². The third kappa shape index (κ3) is 7.02. The molecule has 0 fully saturated rings. The summed E-state index contributed by atoms with van der Waals surface area (Å²) in [6.07, 6.45) is 1.79. The summed E-state index contributed by atoms with van der Waals surface area (Å²) in [7, 11) is 3.15. The molecule has 1 aliphatic rings. The van der Waals surface area contributed by atoms with Crippen LogP contribution in [0.15, 0.2) is 106 Å². The standard InChI is InChI=1S/C38H30IN3O6S/c1-4-47-37(44)32-33(26-8-6-5-7-9-26)41-38-42(34(32)27-14-16-28(45-2)17-15-27)36(43)31(49-38)20-25-18-29(39)35(30(19-25)46-3)48-22-24-12-10-23(21-40)11-13-24/h5-20,34H,4,22H2,1-3H3/b31-20-/t34-/m0/s1. The first-order valence-corrected chi connectivity index (χ1v) is 17.2. The molecule has 2 heterocycles. The first-order chi connectivity index (χ1) is 23.8. The van der Waals surface area contributed by atoms with Crippen LogP contribution in [-0.4, -0.2) is 31.4 Å². The highest BCUT2D eigenvalue weighted by molar-refractivity contribution is 14.1. The molecule has 0 aliphatic carbocycles. The molecule has 0 unspecified atom stereocenters. The topological polar surface area (TPSA) is 112 Å². The number of thiazole rings is 1. The van der Waals surface area contributed by atoms with Gasteiger partial charge in [-0.15, -0.1) is 0 Å². The second-order valence-corrected chi connectivity index (χ2v) is 13.0. The van der Waals surface area contributed by atoms with E-state index in [1.54, 1.807) is 56.1 Å². The van der Waals surface area contributed by atoms with Gasteiger partial charge in [0.2, 0.25) is 0 Å². The van der Waals surface area contributed by atoms with Crippen LogP contribution < -0.4 is 29.1 Å². The van der Waals surface area contributed by atoms with E-state index in [2.05, 4.69) is 28.7 Å². The average molecular weight is 784 g/mol. The summed E-state index contributed by atoms with van der Waals surface area (Å²) >= 11 is 3.43. The minimum atomic E-state index is -0.800. The van der Waals surface area contributed by atoms with Crippen LogP contribution in [0.1, 0.15) is 40.8 Å². The van der Waals surface area contributed by atoms with E-state index in [0.29, 0.717) is 43.4 Å². The number of carbonyl (C=O) groups excluding carboxylic acids is 1. The molecule has 9 nitrogen and oxygen atoms in total. The summed E-state index contributed by atoms with van der Waals surface area (Å²) in [5.41, 5.74) is 4.08. The Kier molecular flexibility index (Phi) is 10.3. The largest absolute Gasteiger partial charge is 0.497 e. The minimum Gasteiger partial charge on any atom is -0.497 e. The van der Waals surface area contributed by atoms with E-state index in [1.165, 1.54) is 11.3 Å². The highest BCUT2D eigenvalue weighted by atomic mass is 127. The van der Waals surface area contributed by atoms with Crippen molar-refractivity contribution in [3.8, 4) is 23.3 Å². The number of halogens is 1. The summed E-state index contributed by atoms with van der Waals surface area (Å²) in [4.78, 5) is 33.4. The lowest BCUT2D eigenvalue weighted by Crippen LogP contribution is -2.40. The molecule has 246 valence electrons. The number of rotatable bonds is 10. The van der Waals surface area contributed by atoms with Crippen molar-refractivity contribution in [1.82, 2.24) is 4.57 Å². The molecule has 5 aromatic rings. The van der Waals surface area contributed by atoms with Gasteiger partial charge in [0.15, 0.2) is 16.3 Å². The fraction of sp³-hybridized carbons (Fsp3) is 0.158. The summed E-state index contributed by atoms with van der Waals surface area (Å²) in [5, 5.41) is 9.08. The number of hydrogen-bond acceptors (Lipinski definition) is 9. The molecule has 0 radical (unpaired) electrons. The second-order valence-electron chi connectivity index (χ2n) is 10.8. The molecule has 11 heteroatoms. The van der Waals surface area contributed by atoms with Gasteiger partial charge in [0.1, 0.15) is 12.4 Å². The van der Waals surface area contributed by atoms with Crippen molar-refractivity contribution in [2.24, 2.45) is 4.99 Å². The molecule has 1 aromatic heterocycles. The van der Waals surface area contributed by atoms with Gasteiger partial charge in [-0.05, 0) is 88.7 Å². The van der Waals surface area contributed by atoms with Crippen LogP contribution in [0.3, 0.4) is 0 Å². The zero-order chi connectivity index (χ0) is 34.5. The maximum Gasteiger partial charge on any atom is 0.338 e. The van der Waals surface area contributed by atoms with Gasteiger partial charge in [0, 0.05) is 5.56 Å². The molecule has 0 saturated carbocycles. The minimum absolute atomic E-state index is 0.164. The third-order valence-electron chi connectivity index (χ3n) is 7.82. The number of aromatic nitrogens is 1. The van der Waals surface area contributed by atoms with Crippen molar-refractivity contribution in [1.29, 1.82) is 5.26 Å². The smallest absolute Gasteiger partial charge is 0.338 e. The normalized spacial score (nSPS) is 14.0. The summed E-state index contributed by atoms with van der Waals surface area (Å²) in [6.45, 7) is 2.20. The zero-order valence-electron chi connectivity index (χ0n) is 26.8. The van der Waals surface area contributed by atoms with Crippen molar-refractivity contribution < 1.29 is 23.7 Å². The number of benzene rings is 4. The number of methoxy groups -OCH3 is 2. The molecular weight excluding hydrogens is 753 g/mol. The van der Waals surface area contributed by atoms with E-state index in [9.17, 15) is 9.59 Å². The third-order valence-corrected chi connectivity index (χ3v) is 9.61. The van der Waals surface area contributed by atoms with E-state index in [4.69, 9.17) is 29.2 Å². The van der Waals surface area contributed by atoms with Crippen LogP contribution >= 0.6 is 33.9 Å². The predicted molar refractivity (Wildman–Crippen MR) is 195 cm³/mol. The first-order valence-electron chi connectivity index (χ1n) is 15.3. The van der Waals surface area contributed by atoms with Crippen molar-refractivity contribution >= 4 is 51.7 Å². The molecule has 4 aromatic carbocycles. The quantitative estimate of drug-likeness (QED) is 0.126. The summed E-state index contributed by atoms with van der Waals surface area (Å²) < 4.78 is 25.6. The summed E-state index contributed by atoms with van der Waals surface area (Å²) in [6, 6.07) is 29.0. The number of fused-ring (bicyclic) bond motifs is 1. The van der Waals surface area contributed by atoms with Crippen LogP contribution in [-0.2, 0) is 16.1 Å². The van der Waals surface area contributed by atoms with Gasteiger partial charge in [-0.1, -0.05) is 65.9 Å². The molecule has 6 rings (SSSR count). The molecule has 1 aliphatic heterocycles. The fourth-order valence-corrected chi connectivity index (χ4v) is 7.27. The van der Waals surface area contributed by atoms with E-state index < -0.39 is 12.0 Å². The lowest BCUT2D eigenvalue weighted by Gasteiger charge is -2.26. The number of esters is 1. The lowest BCUT2D eigenvalue weighted by atomic mass is 9.93. The lowest BCUT2D eigenvalue weighted by molar-refractivity contribution is -0.138. The maximum absolute atomic E-state index is 14.3. The molecule has 0 bridgehead atoms. The maximum atomic E-state index is 14.3. The number of nitriles is 1. The highest BCUT2D eigenvalue weighted by Gasteiger charge is 2.35. The Morgan fingerprint density at radius 2 is 1.76 bits per heavy atom. The Labute approximate surface area is 300 Å².